The second-order valence-corrected chi connectivity index (χ2v) is 6.91. The number of piperazine rings is 1. The molecule has 0 aromatic carbocycles. The molecule has 1 aromatic rings. The smallest absolute Gasteiger partial charge is 0.107 e. The fourth-order valence-electron chi connectivity index (χ4n) is 2.47. The van der Waals surface area contributed by atoms with Gasteiger partial charge < -0.3 is 4.90 Å². The van der Waals surface area contributed by atoms with Crippen LogP contribution in [-0.2, 0) is 12.3 Å². The summed E-state index contributed by atoms with van der Waals surface area (Å²) in [5.41, 5.74) is 1.36. The van der Waals surface area contributed by atoms with Gasteiger partial charge in [0.1, 0.15) is 5.01 Å². The Balaban J connectivity index is 1.65. The molecule has 0 bridgehead atoms. The van der Waals surface area contributed by atoms with Crippen LogP contribution in [0.1, 0.15) is 34.3 Å². The average Bonchev–Trinajstić information content (AvgIpc) is 3.14. The number of aromatic nitrogens is 1. The van der Waals surface area contributed by atoms with E-state index in [-0.39, 0.29) is 0 Å². The van der Waals surface area contributed by atoms with Gasteiger partial charge in [-0.25, -0.2) is 4.98 Å². The van der Waals surface area contributed by atoms with E-state index in [9.17, 15) is 0 Å². The number of hydrogen-bond acceptors (Lipinski definition) is 5. The topological polar surface area (TPSA) is 19.4 Å². The zero-order valence-corrected chi connectivity index (χ0v) is 12.6. The van der Waals surface area contributed by atoms with E-state index in [4.69, 9.17) is 4.98 Å². The number of hydrogen-bond donors (Lipinski definition) is 1. The fourth-order valence-corrected chi connectivity index (χ4v) is 3.88. The van der Waals surface area contributed by atoms with Crippen LogP contribution in [0.5, 0.6) is 0 Å². The molecule has 2 fully saturated rings. The van der Waals surface area contributed by atoms with E-state index in [1.807, 2.05) is 11.3 Å². The minimum absolute atomic E-state index is 0.754. The van der Waals surface area contributed by atoms with Gasteiger partial charge in [0.25, 0.3) is 0 Å². The maximum absolute atomic E-state index is 4.87. The molecule has 1 aliphatic heterocycles. The molecule has 0 unspecified atom stereocenters. The Morgan fingerprint density at radius 3 is 2.61 bits per heavy atom. The Labute approximate surface area is 119 Å². The lowest BCUT2D eigenvalue weighted by atomic mass is 10.3. The van der Waals surface area contributed by atoms with Gasteiger partial charge in [-0.3, -0.25) is 4.90 Å². The van der Waals surface area contributed by atoms with Crippen LogP contribution in [-0.4, -0.2) is 48.0 Å². The lowest BCUT2D eigenvalue weighted by Gasteiger charge is -2.31. The van der Waals surface area contributed by atoms with Crippen molar-refractivity contribution >= 4 is 24.0 Å². The highest BCUT2D eigenvalue weighted by Gasteiger charge is 2.29. The van der Waals surface area contributed by atoms with E-state index < -0.39 is 0 Å². The van der Waals surface area contributed by atoms with Crippen molar-refractivity contribution in [3.8, 4) is 0 Å². The summed E-state index contributed by atoms with van der Waals surface area (Å²) < 4.78 is 0. The van der Waals surface area contributed by atoms with Crippen molar-refractivity contribution in [2.75, 3.05) is 33.2 Å². The van der Waals surface area contributed by atoms with Crippen LogP contribution in [0.15, 0.2) is 0 Å². The van der Waals surface area contributed by atoms with Gasteiger partial charge in [0, 0.05) is 42.7 Å². The molecule has 18 heavy (non-hydrogen) atoms. The lowest BCUT2D eigenvalue weighted by molar-refractivity contribution is 0.148. The second-order valence-electron chi connectivity index (χ2n) is 5.43. The molecule has 100 valence electrons. The summed E-state index contributed by atoms with van der Waals surface area (Å²) in [5.74, 6) is 1.61. The maximum Gasteiger partial charge on any atom is 0.107 e. The normalized spacial score (nSPS) is 22.6. The summed E-state index contributed by atoms with van der Waals surface area (Å²) in [6, 6.07) is 0. The van der Waals surface area contributed by atoms with Crippen molar-refractivity contribution in [2.24, 2.45) is 0 Å². The molecule has 3 rings (SSSR count). The molecule has 1 saturated carbocycles. The molecule has 1 aliphatic carbocycles. The Bertz CT molecular complexity index is 406. The van der Waals surface area contributed by atoms with Gasteiger partial charge in [-0.2, -0.15) is 12.6 Å². The molecule has 3 nitrogen and oxygen atoms in total. The molecule has 2 heterocycles. The number of rotatable bonds is 4. The SMILES string of the molecule is CN1CCN(Cc2nc(C3CC3)c(CS)s2)CC1. The lowest BCUT2D eigenvalue weighted by Crippen LogP contribution is -2.43. The Morgan fingerprint density at radius 1 is 1.28 bits per heavy atom. The minimum Gasteiger partial charge on any atom is -0.304 e. The Kier molecular flexibility index (Phi) is 3.94. The highest BCUT2D eigenvalue weighted by Crippen LogP contribution is 2.43. The molecule has 0 N–H and O–H groups in total. The summed E-state index contributed by atoms with van der Waals surface area (Å²) in [5, 5.41) is 1.30. The maximum atomic E-state index is 4.87. The molecule has 0 spiro atoms. The summed E-state index contributed by atoms with van der Waals surface area (Å²) in [4.78, 5) is 11.2. The minimum atomic E-state index is 0.754. The van der Waals surface area contributed by atoms with Crippen molar-refractivity contribution in [3.05, 3.63) is 15.6 Å². The van der Waals surface area contributed by atoms with Crippen LogP contribution in [0.4, 0.5) is 0 Å². The number of likely N-dealkylation sites (N-methyl/N-ethyl adjacent to an activating group) is 1. The number of thiazole rings is 1. The van der Waals surface area contributed by atoms with Crippen molar-refractivity contribution in [2.45, 2.75) is 31.1 Å². The first-order valence-electron chi connectivity index (χ1n) is 6.76. The van der Waals surface area contributed by atoms with Gasteiger partial charge in [-0.15, -0.1) is 11.3 Å². The molecule has 1 aromatic heterocycles. The van der Waals surface area contributed by atoms with Crippen molar-refractivity contribution in [1.82, 2.24) is 14.8 Å². The molecule has 2 aliphatic rings. The molecular weight excluding hydrogens is 262 g/mol. The van der Waals surface area contributed by atoms with Crippen LogP contribution in [0.25, 0.3) is 0 Å². The predicted octanol–water partition coefficient (Wildman–Crippen LogP) is 2.20. The third kappa shape index (κ3) is 2.90. The fraction of sp³-hybridized carbons (Fsp3) is 0.769. The standard InChI is InChI=1S/C13H21N3S2/c1-15-4-6-16(7-5-15)8-12-14-13(10-2-3-10)11(9-17)18-12/h10,17H,2-9H2,1H3. The largest absolute Gasteiger partial charge is 0.304 e. The van der Waals surface area contributed by atoms with Gasteiger partial charge in [-0.1, -0.05) is 0 Å². The van der Waals surface area contributed by atoms with E-state index in [1.165, 1.54) is 54.6 Å². The highest BCUT2D eigenvalue weighted by molar-refractivity contribution is 7.79. The van der Waals surface area contributed by atoms with E-state index in [1.54, 1.807) is 0 Å². The third-order valence-electron chi connectivity index (χ3n) is 3.83. The summed E-state index contributed by atoms with van der Waals surface area (Å²) in [6.45, 7) is 5.74. The van der Waals surface area contributed by atoms with E-state index in [0.717, 1.165) is 18.2 Å². The predicted molar refractivity (Wildman–Crippen MR) is 79.6 cm³/mol. The molecular formula is C13H21N3S2. The first-order valence-corrected chi connectivity index (χ1v) is 8.21. The van der Waals surface area contributed by atoms with Crippen LogP contribution in [0.3, 0.4) is 0 Å². The molecule has 5 heteroatoms. The van der Waals surface area contributed by atoms with Gasteiger partial charge in [0.05, 0.1) is 12.2 Å². The molecule has 0 atom stereocenters. The van der Waals surface area contributed by atoms with Crippen molar-refractivity contribution in [1.29, 1.82) is 0 Å². The first kappa shape index (κ1) is 12.9. The van der Waals surface area contributed by atoms with E-state index >= 15 is 0 Å². The number of thiol groups is 1. The molecule has 1 saturated heterocycles. The molecule has 0 radical (unpaired) electrons. The Hall–Kier alpha value is -0.100. The van der Waals surface area contributed by atoms with Gasteiger partial charge >= 0.3 is 0 Å². The summed E-state index contributed by atoms with van der Waals surface area (Å²) >= 11 is 6.32. The zero-order valence-electron chi connectivity index (χ0n) is 10.9. The van der Waals surface area contributed by atoms with E-state index in [0.29, 0.717) is 0 Å². The molecule has 0 amide bonds. The van der Waals surface area contributed by atoms with Crippen LogP contribution >= 0.6 is 24.0 Å². The second kappa shape index (κ2) is 5.49. The van der Waals surface area contributed by atoms with Crippen LogP contribution < -0.4 is 0 Å². The van der Waals surface area contributed by atoms with Gasteiger partial charge in [-0.05, 0) is 19.9 Å². The van der Waals surface area contributed by atoms with Gasteiger partial charge in [0.15, 0.2) is 0 Å². The Morgan fingerprint density at radius 2 is 2.00 bits per heavy atom. The third-order valence-corrected chi connectivity index (χ3v) is 5.42. The zero-order chi connectivity index (χ0) is 12.5. The monoisotopic (exact) mass is 283 g/mol. The van der Waals surface area contributed by atoms with Crippen molar-refractivity contribution in [3.63, 3.8) is 0 Å². The average molecular weight is 283 g/mol. The quantitative estimate of drug-likeness (QED) is 0.855. The summed E-state index contributed by atoms with van der Waals surface area (Å²) in [6.07, 6.45) is 2.66. The van der Waals surface area contributed by atoms with Crippen molar-refractivity contribution < 1.29 is 0 Å². The first-order chi connectivity index (χ1) is 8.76. The number of nitrogens with zero attached hydrogens (tertiary/aromatic N) is 3. The van der Waals surface area contributed by atoms with Crippen LogP contribution in [0, 0.1) is 0 Å². The van der Waals surface area contributed by atoms with E-state index in [2.05, 4.69) is 29.5 Å². The van der Waals surface area contributed by atoms with Gasteiger partial charge in [0.2, 0.25) is 0 Å². The van der Waals surface area contributed by atoms with Crippen LogP contribution in [0.2, 0.25) is 0 Å². The summed E-state index contributed by atoms with van der Waals surface area (Å²) in [7, 11) is 2.20. The highest BCUT2D eigenvalue weighted by atomic mass is 32.1.